The van der Waals surface area contributed by atoms with E-state index < -0.39 is 0 Å². The lowest BCUT2D eigenvalue weighted by molar-refractivity contribution is 0.175. The Kier molecular flexibility index (Phi) is 7.75. The minimum Gasteiger partial charge on any atom is -0.301 e. The van der Waals surface area contributed by atoms with Gasteiger partial charge in [0, 0.05) is 12.6 Å². The Morgan fingerprint density at radius 2 is 1.71 bits per heavy atom. The highest BCUT2D eigenvalue weighted by Crippen LogP contribution is 2.15. The molecule has 0 heterocycles. The van der Waals surface area contributed by atoms with Gasteiger partial charge in [0.2, 0.25) is 0 Å². The maximum absolute atomic E-state index is 4.44. The summed E-state index contributed by atoms with van der Waals surface area (Å²) < 4.78 is 0. The summed E-state index contributed by atoms with van der Waals surface area (Å²) >= 11 is 4.44. The standard InChI is InChI=1S/C12H27NS/c1-6-7-13(11(4)5)8-12(9-14)10(2)3/h10-12,14H,6-9H2,1-5H3. The van der Waals surface area contributed by atoms with Crippen molar-refractivity contribution in [3.63, 3.8) is 0 Å². The fraction of sp³-hybridized carbons (Fsp3) is 1.00. The van der Waals surface area contributed by atoms with Crippen molar-refractivity contribution in [1.29, 1.82) is 0 Å². The molecule has 86 valence electrons. The molecule has 0 bridgehead atoms. The predicted octanol–water partition coefficient (Wildman–Crippen LogP) is 3.31. The van der Waals surface area contributed by atoms with Crippen molar-refractivity contribution in [2.75, 3.05) is 18.8 Å². The third-order valence-electron chi connectivity index (χ3n) is 2.89. The number of rotatable bonds is 7. The molecule has 0 fully saturated rings. The summed E-state index contributed by atoms with van der Waals surface area (Å²) in [5.74, 6) is 2.47. The Morgan fingerprint density at radius 1 is 1.14 bits per heavy atom. The van der Waals surface area contributed by atoms with Crippen LogP contribution in [0.25, 0.3) is 0 Å². The lowest BCUT2D eigenvalue weighted by Crippen LogP contribution is -2.38. The van der Waals surface area contributed by atoms with Gasteiger partial charge in [-0.1, -0.05) is 20.8 Å². The molecule has 0 aromatic carbocycles. The largest absolute Gasteiger partial charge is 0.301 e. The third kappa shape index (κ3) is 5.26. The summed E-state index contributed by atoms with van der Waals surface area (Å²) in [6.45, 7) is 13.8. The predicted molar refractivity (Wildman–Crippen MR) is 69.2 cm³/mol. The number of nitrogens with zero attached hydrogens (tertiary/aromatic N) is 1. The van der Waals surface area contributed by atoms with Gasteiger partial charge in [-0.2, -0.15) is 12.6 Å². The van der Waals surface area contributed by atoms with E-state index in [2.05, 4.69) is 52.1 Å². The van der Waals surface area contributed by atoms with Gasteiger partial charge >= 0.3 is 0 Å². The number of thiol groups is 1. The van der Waals surface area contributed by atoms with Crippen molar-refractivity contribution < 1.29 is 0 Å². The molecule has 0 spiro atoms. The van der Waals surface area contributed by atoms with E-state index in [-0.39, 0.29) is 0 Å². The van der Waals surface area contributed by atoms with Gasteiger partial charge in [0.15, 0.2) is 0 Å². The number of hydrogen-bond donors (Lipinski definition) is 1. The van der Waals surface area contributed by atoms with Gasteiger partial charge in [-0.05, 0) is 44.4 Å². The molecule has 0 aliphatic heterocycles. The molecular formula is C12H27NS. The van der Waals surface area contributed by atoms with Crippen LogP contribution in [0.2, 0.25) is 0 Å². The fourth-order valence-corrected chi connectivity index (χ4v) is 2.17. The zero-order valence-electron chi connectivity index (χ0n) is 10.5. The van der Waals surface area contributed by atoms with Crippen molar-refractivity contribution in [1.82, 2.24) is 4.90 Å². The minimum absolute atomic E-state index is 0.663. The third-order valence-corrected chi connectivity index (χ3v) is 3.36. The molecule has 0 N–H and O–H groups in total. The molecular weight excluding hydrogens is 190 g/mol. The molecule has 0 aliphatic rings. The molecule has 0 amide bonds. The SMILES string of the molecule is CCCN(CC(CS)C(C)C)C(C)C. The summed E-state index contributed by atoms with van der Waals surface area (Å²) in [6, 6.07) is 0.663. The van der Waals surface area contributed by atoms with Crippen molar-refractivity contribution in [2.24, 2.45) is 11.8 Å². The molecule has 1 nitrogen and oxygen atoms in total. The normalized spacial score (nSPS) is 14.4. The van der Waals surface area contributed by atoms with E-state index >= 15 is 0 Å². The van der Waals surface area contributed by atoms with Crippen LogP contribution >= 0.6 is 12.6 Å². The average molecular weight is 217 g/mol. The molecule has 0 radical (unpaired) electrons. The summed E-state index contributed by atoms with van der Waals surface area (Å²) in [4.78, 5) is 2.57. The van der Waals surface area contributed by atoms with Crippen LogP contribution in [0.5, 0.6) is 0 Å². The van der Waals surface area contributed by atoms with Gasteiger partial charge in [0.25, 0.3) is 0 Å². The van der Waals surface area contributed by atoms with Gasteiger partial charge in [0.05, 0.1) is 0 Å². The van der Waals surface area contributed by atoms with Gasteiger partial charge in [-0.25, -0.2) is 0 Å². The zero-order chi connectivity index (χ0) is 11.1. The highest BCUT2D eigenvalue weighted by Gasteiger charge is 2.17. The molecule has 0 aliphatic carbocycles. The van der Waals surface area contributed by atoms with Crippen LogP contribution < -0.4 is 0 Å². The van der Waals surface area contributed by atoms with E-state index in [0.717, 1.165) is 17.6 Å². The second kappa shape index (κ2) is 7.58. The first kappa shape index (κ1) is 14.3. The van der Waals surface area contributed by atoms with Crippen molar-refractivity contribution >= 4 is 12.6 Å². The van der Waals surface area contributed by atoms with Crippen LogP contribution in [0, 0.1) is 11.8 Å². The Hall–Kier alpha value is 0.310. The van der Waals surface area contributed by atoms with Gasteiger partial charge in [0.1, 0.15) is 0 Å². The number of hydrogen-bond acceptors (Lipinski definition) is 2. The molecule has 0 rings (SSSR count). The maximum atomic E-state index is 4.44. The monoisotopic (exact) mass is 217 g/mol. The first-order valence-corrected chi connectivity index (χ1v) is 6.51. The maximum Gasteiger partial charge on any atom is 0.00387 e. The zero-order valence-corrected chi connectivity index (χ0v) is 11.3. The van der Waals surface area contributed by atoms with Crippen LogP contribution in [-0.4, -0.2) is 29.8 Å². The average Bonchev–Trinajstić information content (AvgIpc) is 2.11. The Bertz CT molecular complexity index is 134. The lowest BCUT2D eigenvalue weighted by atomic mass is 9.96. The molecule has 0 saturated carbocycles. The smallest absolute Gasteiger partial charge is 0.00387 e. The van der Waals surface area contributed by atoms with E-state index in [1.54, 1.807) is 0 Å². The molecule has 1 unspecified atom stereocenters. The lowest BCUT2D eigenvalue weighted by Gasteiger charge is -2.31. The molecule has 2 heteroatoms. The van der Waals surface area contributed by atoms with Crippen molar-refractivity contribution in [3.05, 3.63) is 0 Å². The van der Waals surface area contributed by atoms with Gasteiger partial charge in [-0.3, -0.25) is 0 Å². The fourth-order valence-electron chi connectivity index (χ4n) is 1.63. The summed E-state index contributed by atoms with van der Waals surface area (Å²) in [7, 11) is 0. The van der Waals surface area contributed by atoms with E-state index in [9.17, 15) is 0 Å². The van der Waals surface area contributed by atoms with Crippen molar-refractivity contribution in [2.45, 2.75) is 47.1 Å². The topological polar surface area (TPSA) is 3.24 Å². The molecule has 14 heavy (non-hydrogen) atoms. The Balaban J connectivity index is 4.11. The summed E-state index contributed by atoms with van der Waals surface area (Å²) in [6.07, 6.45) is 1.25. The summed E-state index contributed by atoms with van der Waals surface area (Å²) in [5.41, 5.74) is 0. The van der Waals surface area contributed by atoms with Crippen LogP contribution in [-0.2, 0) is 0 Å². The highest BCUT2D eigenvalue weighted by molar-refractivity contribution is 7.80. The van der Waals surface area contributed by atoms with E-state index in [1.807, 2.05) is 0 Å². The molecule has 0 aromatic heterocycles. The molecule has 0 saturated heterocycles. The van der Waals surface area contributed by atoms with Crippen molar-refractivity contribution in [3.8, 4) is 0 Å². The molecule has 0 aromatic rings. The minimum atomic E-state index is 0.663. The quantitative estimate of drug-likeness (QED) is 0.640. The Labute approximate surface area is 95.7 Å². The van der Waals surface area contributed by atoms with E-state index in [4.69, 9.17) is 0 Å². The van der Waals surface area contributed by atoms with Gasteiger partial charge in [-0.15, -0.1) is 0 Å². The second-order valence-corrected chi connectivity index (χ2v) is 5.14. The van der Waals surface area contributed by atoms with Crippen LogP contribution in [0.4, 0.5) is 0 Å². The van der Waals surface area contributed by atoms with Gasteiger partial charge < -0.3 is 4.90 Å². The van der Waals surface area contributed by atoms with E-state index in [0.29, 0.717) is 6.04 Å². The first-order chi connectivity index (χ1) is 6.52. The van der Waals surface area contributed by atoms with Crippen LogP contribution in [0.15, 0.2) is 0 Å². The highest BCUT2D eigenvalue weighted by atomic mass is 32.1. The summed E-state index contributed by atoms with van der Waals surface area (Å²) in [5, 5.41) is 0. The second-order valence-electron chi connectivity index (χ2n) is 4.78. The molecule has 1 atom stereocenters. The van der Waals surface area contributed by atoms with Crippen LogP contribution in [0.1, 0.15) is 41.0 Å². The van der Waals surface area contributed by atoms with E-state index in [1.165, 1.54) is 19.5 Å². The van der Waals surface area contributed by atoms with Crippen LogP contribution in [0.3, 0.4) is 0 Å². The Morgan fingerprint density at radius 3 is 2.00 bits per heavy atom. The first-order valence-electron chi connectivity index (χ1n) is 5.87.